The highest BCUT2D eigenvalue weighted by atomic mass is 16.5. The second-order valence-electron chi connectivity index (χ2n) is 18.6. The third kappa shape index (κ3) is 5.05. The number of ether oxygens (including phenoxy) is 2. The number of hydrogen-bond acceptors (Lipinski definition) is 6. The van der Waals surface area contributed by atoms with Gasteiger partial charge in [-0.2, -0.15) is 0 Å². The number of methoxy groups -OCH3 is 2. The van der Waals surface area contributed by atoms with Gasteiger partial charge in [-0.3, -0.25) is 4.79 Å². The second-order valence-corrected chi connectivity index (χ2v) is 18.6. The Labute approximate surface area is 294 Å². The number of fused-ring (bicyclic) bond motifs is 7. The van der Waals surface area contributed by atoms with Crippen LogP contribution in [0, 0.1) is 50.2 Å². The van der Waals surface area contributed by atoms with Gasteiger partial charge < -0.3 is 24.4 Å². The first kappa shape index (κ1) is 34.6. The largest absolute Gasteiger partial charge is 0.497 e. The minimum atomic E-state index is -0.448. The van der Waals surface area contributed by atoms with Gasteiger partial charge in [-0.1, -0.05) is 65.3 Å². The maximum absolute atomic E-state index is 14.1. The van der Waals surface area contributed by atoms with Crippen LogP contribution in [0.25, 0.3) is 11.3 Å². The van der Waals surface area contributed by atoms with Gasteiger partial charge in [0.1, 0.15) is 17.2 Å². The summed E-state index contributed by atoms with van der Waals surface area (Å²) in [6, 6.07) is 7.49. The topological polar surface area (TPSA) is 93.8 Å². The molecule has 1 aromatic heterocycles. The van der Waals surface area contributed by atoms with E-state index in [-0.39, 0.29) is 39.1 Å². The summed E-state index contributed by atoms with van der Waals surface area (Å²) in [5, 5.41) is 18.6. The van der Waals surface area contributed by atoms with Crippen LogP contribution in [0.1, 0.15) is 118 Å². The minimum absolute atomic E-state index is 0.0429. The molecule has 0 aliphatic heterocycles. The van der Waals surface area contributed by atoms with Crippen LogP contribution in [-0.4, -0.2) is 36.5 Å². The molecule has 4 saturated carbocycles. The van der Waals surface area contributed by atoms with Gasteiger partial charge in [-0.25, -0.2) is 0 Å². The summed E-state index contributed by atoms with van der Waals surface area (Å²) in [5.74, 6) is 3.66. The molecular weight excluding hydrogens is 612 g/mol. The van der Waals surface area contributed by atoms with Gasteiger partial charge in [0, 0.05) is 23.1 Å². The number of benzene rings is 1. The molecule has 0 spiro atoms. The minimum Gasteiger partial charge on any atom is -0.497 e. The Balaban J connectivity index is 1.10. The van der Waals surface area contributed by atoms with E-state index < -0.39 is 5.41 Å². The molecule has 1 heterocycles. The number of allylic oxidation sites excluding steroid dienone is 2. The van der Waals surface area contributed by atoms with E-state index in [9.17, 15) is 9.90 Å². The first-order chi connectivity index (χ1) is 23.0. The van der Waals surface area contributed by atoms with Crippen LogP contribution in [0.4, 0.5) is 0 Å². The molecular formula is C42H60N2O5. The number of hydrogen-bond donors (Lipinski definition) is 2. The van der Waals surface area contributed by atoms with Crippen molar-refractivity contribution < 1.29 is 23.9 Å². The van der Waals surface area contributed by atoms with Crippen molar-refractivity contribution in [3.8, 4) is 22.8 Å². The molecule has 9 atom stereocenters. The third-order valence-corrected chi connectivity index (χ3v) is 16.0. The zero-order chi connectivity index (χ0) is 35.2. The molecule has 7 rings (SSSR count). The van der Waals surface area contributed by atoms with Crippen LogP contribution in [0.5, 0.6) is 11.5 Å². The average molecular weight is 673 g/mol. The molecule has 0 bridgehead atoms. The summed E-state index contributed by atoms with van der Waals surface area (Å²) in [4.78, 5) is 14.1. The van der Waals surface area contributed by atoms with E-state index in [1.807, 2.05) is 24.3 Å². The Morgan fingerprint density at radius 2 is 1.69 bits per heavy atom. The standard InChI is InChI=1S/C42H60N2O5/c1-37(2)33-14-17-42(7)34(40(33,5)16-15-35(37)45)13-12-29-30-24-39(4,19-18-38(30,3)20-21-41(29,42)6)36(46)43-25-27-22-31(44-49-27)28-11-10-26(47-8)23-32(28)48-9/h10-12,22-23,30,33-35,45H,13-21,24-25H2,1-9H3,(H,43,46)/t30-,33?,34-,35+,38-,39+,40+,41-,42-/m1/s1. The molecule has 7 nitrogen and oxygen atoms in total. The van der Waals surface area contributed by atoms with E-state index in [0.29, 0.717) is 47.3 Å². The van der Waals surface area contributed by atoms with Crippen molar-refractivity contribution in [2.24, 2.45) is 50.2 Å². The number of aliphatic hydroxyl groups is 1. The van der Waals surface area contributed by atoms with Crippen LogP contribution in [0.2, 0.25) is 0 Å². The Morgan fingerprint density at radius 1 is 0.939 bits per heavy atom. The summed E-state index contributed by atoms with van der Waals surface area (Å²) in [5.41, 5.74) is 3.45. The van der Waals surface area contributed by atoms with Crippen molar-refractivity contribution in [3.63, 3.8) is 0 Å². The molecule has 49 heavy (non-hydrogen) atoms. The van der Waals surface area contributed by atoms with Crippen molar-refractivity contribution in [2.75, 3.05) is 14.2 Å². The zero-order valence-corrected chi connectivity index (χ0v) is 31.5. The maximum atomic E-state index is 14.1. The predicted octanol–water partition coefficient (Wildman–Crippen LogP) is 9.14. The highest BCUT2D eigenvalue weighted by Crippen LogP contribution is 2.75. The van der Waals surface area contributed by atoms with Crippen LogP contribution < -0.4 is 14.8 Å². The van der Waals surface area contributed by atoms with Gasteiger partial charge in [0.05, 0.1) is 26.9 Å². The molecule has 2 N–H and O–H groups in total. The Bertz CT molecular complexity index is 1640. The molecule has 2 aromatic rings. The lowest BCUT2D eigenvalue weighted by Crippen LogP contribution is -2.64. The average Bonchev–Trinajstić information content (AvgIpc) is 3.55. The van der Waals surface area contributed by atoms with Crippen LogP contribution in [0.15, 0.2) is 40.4 Å². The molecule has 268 valence electrons. The van der Waals surface area contributed by atoms with E-state index in [1.54, 1.807) is 19.8 Å². The highest BCUT2D eigenvalue weighted by molar-refractivity contribution is 5.82. The zero-order valence-electron chi connectivity index (χ0n) is 31.5. The summed E-state index contributed by atoms with van der Waals surface area (Å²) < 4.78 is 16.6. The molecule has 1 aromatic carbocycles. The first-order valence-electron chi connectivity index (χ1n) is 18.9. The van der Waals surface area contributed by atoms with Gasteiger partial charge in [-0.15, -0.1) is 0 Å². The van der Waals surface area contributed by atoms with Crippen LogP contribution in [0.3, 0.4) is 0 Å². The first-order valence-corrected chi connectivity index (χ1v) is 18.9. The normalized spacial score (nSPS) is 40.9. The number of nitrogens with zero attached hydrogens (tertiary/aromatic N) is 1. The third-order valence-electron chi connectivity index (χ3n) is 16.0. The van der Waals surface area contributed by atoms with E-state index in [1.165, 1.54) is 25.7 Å². The van der Waals surface area contributed by atoms with Gasteiger partial charge in [-0.05, 0) is 121 Å². The molecule has 4 fully saturated rings. The molecule has 0 saturated heterocycles. The lowest BCUT2D eigenvalue weighted by molar-refractivity contribution is -0.203. The number of nitrogens with one attached hydrogen (secondary N) is 1. The summed E-state index contributed by atoms with van der Waals surface area (Å²) in [7, 11) is 3.25. The highest BCUT2D eigenvalue weighted by Gasteiger charge is 2.68. The fraction of sp³-hybridized carbons (Fsp3) is 0.714. The number of aliphatic hydroxyl groups excluding tert-OH is 1. The molecule has 1 unspecified atom stereocenters. The number of rotatable bonds is 6. The van der Waals surface area contributed by atoms with Crippen molar-refractivity contribution in [1.29, 1.82) is 0 Å². The van der Waals surface area contributed by atoms with Crippen LogP contribution >= 0.6 is 0 Å². The lowest BCUT2D eigenvalue weighted by Gasteiger charge is -2.71. The van der Waals surface area contributed by atoms with Crippen LogP contribution in [-0.2, 0) is 11.3 Å². The predicted molar refractivity (Wildman–Crippen MR) is 192 cm³/mol. The quantitative estimate of drug-likeness (QED) is 0.297. The fourth-order valence-electron chi connectivity index (χ4n) is 12.5. The van der Waals surface area contributed by atoms with E-state index in [2.05, 4.69) is 65.0 Å². The summed E-state index contributed by atoms with van der Waals surface area (Å²) in [6.07, 6.45) is 13.4. The number of amides is 1. The Kier molecular flexibility index (Phi) is 8.21. The molecule has 1 amide bonds. The Morgan fingerprint density at radius 3 is 2.43 bits per heavy atom. The molecule has 0 radical (unpaired) electrons. The SMILES string of the molecule is COc1ccc(-c2cc(CNC(=O)[C@@]3(C)CC[C@]4(C)CC[C@]5(C)C(=CC[C@@H]6[C@@]7(C)CC[C@H](O)C(C)(C)C7CC[C@]65C)[C@H]4C3)on2)c(OC)c1. The smallest absolute Gasteiger partial charge is 0.226 e. The van der Waals surface area contributed by atoms with Crippen molar-refractivity contribution in [2.45, 2.75) is 125 Å². The van der Waals surface area contributed by atoms with Gasteiger partial charge in [0.2, 0.25) is 5.91 Å². The number of carbonyl (C=O) groups excluding carboxylic acids is 1. The van der Waals surface area contributed by atoms with Crippen molar-refractivity contribution in [1.82, 2.24) is 10.5 Å². The monoisotopic (exact) mass is 672 g/mol. The Hall–Kier alpha value is -2.80. The van der Waals surface area contributed by atoms with Crippen molar-refractivity contribution in [3.05, 3.63) is 41.7 Å². The van der Waals surface area contributed by atoms with Crippen molar-refractivity contribution >= 4 is 5.91 Å². The number of aromatic nitrogens is 1. The summed E-state index contributed by atoms with van der Waals surface area (Å²) in [6.45, 7) is 17.5. The second kappa shape index (κ2) is 11.6. The lowest BCUT2D eigenvalue weighted by atomic mass is 9.33. The van der Waals surface area contributed by atoms with Gasteiger partial charge in [0.25, 0.3) is 0 Å². The maximum Gasteiger partial charge on any atom is 0.226 e. The number of carbonyl (C=O) groups is 1. The fourth-order valence-corrected chi connectivity index (χ4v) is 12.5. The van der Waals surface area contributed by atoms with Gasteiger partial charge >= 0.3 is 0 Å². The molecule has 7 heteroatoms. The van der Waals surface area contributed by atoms with E-state index in [0.717, 1.165) is 44.1 Å². The summed E-state index contributed by atoms with van der Waals surface area (Å²) >= 11 is 0. The molecule has 5 aliphatic rings. The van der Waals surface area contributed by atoms with Gasteiger partial charge in [0.15, 0.2) is 5.76 Å². The van der Waals surface area contributed by atoms with E-state index in [4.69, 9.17) is 14.0 Å². The molecule has 5 aliphatic carbocycles. The van der Waals surface area contributed by atoms with E-state index >= 15 is 0 Å².